The molecule has 2 saturated heterocycles. The number of ether oxygens (including phenoxy) is 1. The molecule has 2 aliphatic rings. The molecule has 196 valence electrons. The van der Waals surface area contributed by atoms with Crippen LogP contribution in [0.15, 0.2) is 30.5 Å². The molecule has 0 atom stereocenters. The number of fused-ring (bicyclic) bond motifs is 2. The zero-order valence-corrected chi connectivity index (χ0v) is 22.3. The van der Waals surface area contributed by atoms with Crippen LogP contribution in [-0.2, 0) is 16.1 Å². The molecule has 13 heteroatoms. The summed E-state index contributed by atoms with van der Waals surface area (Å²) in [5.74, 6) is 1.61. The van der Waals surface area contributed by atoms with Gasteiger partial charge in [-0.05, 0) is 12.1 Å². The summed E-state index contributed by atoms with van der Waals surface area (Å²) in [4.78, 5) is 27.5. The third kappa shape index (κ3) is 5.62. The minimum absolute atomic E-state index is 0.651. The molecule has 37 heavy (non-hydrogen) atoms. The van der Waals surface area contributed by atoms with Crippen LogP contribution in [0.25, 0.3) is 32.5 Å². The fraction of sp³-hybridized carbons (Fsp3) is 0.417. The van der Waals surface area contributed by atoms with Gasteiger partial charge in [0.1, 0.15) is 0 Å². The number of hydrogen-bond donors (Lipinski definition) is 3. The highest BCUT2D eigenvalue weighted by molar-refractivity contribution is 7.77. The van der Waals surface area contributed by atoms with Crippen LogP contribution in [-0.4, -0.2) is 100 Å². The molecule has 0 amide bonds. The number of piperazine rings is 1. The molecule has 0 saturated carbocycles. The summed E-state index contributed by atoms with van der Waals surface area (Å²) in [5.41, 5.74) is 4.33. The number of nitrogens with one attached hydrogen (secondary N) is 1. The molecule has 2 aliphatic heterocycles. The first-order chi connectivity index (χ1) is 18.1. The first kappa shape index (κ1) is 26.0. The highest BCUT2D eigenvalue weighted by Gasteiger charge is 2.22. The molecule has 3 aromatic heterocycles. The Bertz CT molecular complexity index is 1360. The van der Waals surface area contributed by atoms with E-state index in [2.05, 4.69) is 38.1 Å². The average molecular weight is 543 g/mol. The lowest BCUT2D eigenvalue weighted by molar-refractivity contribution is 0.122. The van der Waals surface area contributed by atoms with Gasteiger partial charge in [-0.15, -0.1) is 11.3 Å². The second-order valence-electron chi connectivity index (χ2n) is 8.78. The van der Waals surface area contributed by atoms with E-state index in [1.54, 1.807) is 23.0 Å². The molecule has 2 N–H and O–H groups in total. The van der Waals surface area contributed by atoms with Crippen LogP contribution in [0.4, 0.5) is 5.82 Å². The van der Waals surface area contributed by atoms with Gasteiger partial charge in [-0.2, -0.15) is 5.10 Å². The maximum atomic E-state index is 11.4. The van der Waals surface area contributed by atoms with Crippen molar-refractivity contribution < 1.29 is 14.7 Å². The molecule has 1 aromatic carbocycles. The summed E-state index contributed by atoms with van der Waals surface area (Å²) in [7, 11) is 1.43. The Morgan fingerprint density at radius 2 is 1.92 bits per heavy atom. The third-order valence-electron chi connectivity index (χ3n) is 6.43. The van der Waals surface area contributed by atoms with E-state index >= 15 is 0 Å². The van der Waals surface area contributed by atoms with Crippen LogP contribution in [0, 0.1) is 0 Å². The van der Waals surface area contributed by atoms with E-state index in [-0.39, 0.29) is 0 Å². The second kappa shape index (κ2) is 11.8. The molecule has 5 heterocycles. The minimum Gasteiger partial charge on any atom is -0.378 e. The first-order valence-corrected chi connectivity index (χ1v) is 13.3. The van der Waals surface area contributed by atoms with Crippen molar-refractivity contribution in [2.24, 2.45) is 0 Å². The van der Waals surface area contributed by atoms with Gasteiger partial charge < -0.3 is 14.8 Å². The van der Waals surface area contributed by atoms with Gasteiger partial charge >= 0.3 is 0 Å². The van der Waals surface area contributed by atoms with Gasteiger partial charge in [-0.25, -0.2) is 20.1 Å². The van der Waals surface area contributed by atoms with Crippen molar-refractivity contribution in [1.29, 1.82) is 0 Å². The molecule has 11 nitrogen and oxygen atoms in total. The quantitative estimate of drug-likeness (QED) is 0.197. The summed E-state index contributed by atoms with van der Waals surface area (Å²) in [5, 5.41) is 12.4. The monoisotopic (exact) mass is 542 g/mol. The summed E-state index contributed by atoms with van der Waals surface area (Å²) < 4.78 is 10.1. The van der Waals surface area contributed by atoms with Gasteiger partial charge in [-0.3, -0.25) is 14.0 Å². The number of carbonyl (C=O) groups is 1. The zero-order chi connectivity index (χ0) is 25.8. The Morgan fingerprint density at radius 3 is 2.65 bits per heavy atom. The lowest BCUT2D eigenvalue weighted by atomic mass is 10.1. The smallest absolute Gasteiger partial charge is 0.234 e. The number of hydroxylamine groups is 1. The molecule has 0 spiro atoms. The van der Waals surface area contributed by atoms with Crippen LogP contribution in [0.3, 0.4) is 0 Å². The van der Waals surface area contributed by atoms with E-state index in [1.807, 2.05) is 18.2 Å². The molecule has 0 radical (unpaired) electrons. The largest absolute Gasteiger partial charge is 0.378 e. The Morgan fingerprint density at radius 1 is 1.16 bits per heavy atom. The van der Waals surface area contributed by atoms with Gasteiger partial charge in [0, 0.05) is 68.7 Å². The highest BCUT2D eigenvalue weighted by Crippen LogP contribution is 2.36. The van der Waals surface area contributed by atoms with Crippen molar-refractivity contribution in [3.8, 4) is 11.4 Å². The number of benzene rings is 1. The lowest BCUT2D eigenvalue weighted by Gasteiger charge is -2.31. The van der Waals surface area contributed by atoms with Crippen molar-refractivity contribution in [3.05, 3.63) is 35.3 Å². The number of aromatic nitrogens is 4. The average Bonchev–Trinajstić information content (AvgIpc) is 3.54. The van der Waals surface area contributed by atoms with E-state index in [9.17, 15) is 4.79 Å². The summed E-state index contributed by atoms with van der Waals surface area (Å²) in [6.45, 7) is 7.84. The molecule has 4 aromatic rings. The SMILES string of the molecule is CNO.O=Cn1ncc2c(-c3nc(N4CCOCC4)c4sc(CN5CCN(S)CC5)cc4n3)cccc21. The number of rotatable bonds is 5. The lowest BCUT2D eigenvalue weighted by Crippen LogP contribution is -2.41. The normalized spacial score (nSPS) is 17.2. The van der Waals surface area contributed by atoms with Gasteiger partial charge in [0.15, 0.2) is 11.6 Å². The van der Waals surface area contributed by atoms with E-state index < -0.39 is 0 Å². The fourth-order valence-corrected chi connectivity index (χ4v) is 5.95. The summed E-state index contributed by atoms with van der Waals surface area (Å²) in [6.07, 6.45) is 2.43. The highest BCUT2D eigenvalue weighted by atomic mass is 32.1. The van der Waals surface area contributed by atoms with Crippen LogP contribution < -0.4 is 10.4 Å². The molecule has 2 fully saturated rings. The van der Waals surface area contributed by atoms with E-state index in [0.717, 1.165) is 78.3 Å². The fourth-order valence-electron chi connectivity index (χ4n) is 4.62. The number of carbonyl (C=O) groups excluding carboxylic acids is 1. The standard InChI is InChI=1S/C23H25N7O2S2.CH5NO/c31-15-30-20-3-1-2-17(18(20)13-24-30)22-25-19-12-16(14-27-4-6-29(33)7-5-27)34-21(19)23(26-22)28-8-10-32-11-9-28;1-2-3/h1-3,12-13,15,33H,4-11,14H2;2-3H,1H3. The van der Waals surface area contributed by atoms with Crippen molar-refractivity contribution in [1.82, 2.24) is 34.4 Å². The third-order valence-corrected chi connectivity index (χ3v) is 7.93. The first-order valence-electron chi connectivity index (χ1n) is 12.1. The van der Waals surface area contributed by atoms with E-state index in [0.29, 0.717) is 25.4 Å². The topological polar surface area (TPSA) is 112 Å². The number of thiol groups is 1. The second-order valence-corrected chi connectivity index (χ2v) is 10.5. The molecule has 0 aliphatic carbocycles. The Balaban J connectivity index is 0.000000892. The maximum absolute atomic E-state index is 11.4. The van der Waals surface area contributed by atoms with Gasteiger partial charge in [0.25, 0.3) is 0 Å². The molecule has 0 unspecified atom stereocenters. The van der Waals surface area contributed by atoms with Crippen molar-refractivity contribution in [2.75, 3.05) is 64.4 Å². The predicted molar refractivity (Wildman–Crippen MR) is 148 cm³/mol. The Labute approximate surface area is 224 Å². The summed E-state index contributed by atoms with van der Waals surface area (Å²) in [6, 6.07) is 8.00. The number of anilines is 1. The van der Waals surface area contributed by atoms with Crippen LogP contribution in [0.2, 0.25) is 0 Å². The maximum Gasteiger partial charge on any atom is 0.234 e. The zero-order valence-electron chi connectivity index (χ0n) is 20.6. The molecular formula is C24H30N8O3S2. The van der Waals surface area contributed by atoms with Crippen molar-refractivity contribution in [2.45, 2.75) is 6.54 Å². The minimum atomic E-state index is 0.651. The summed E-state index contributed by atoms with van der Waals surface area (Å²) >= 11 is 6.25. The molecule has 0 bridgehead atoms. The Kier molecular flexibility index (Phi) is 8.30. The number of hydrogen-bond acceptors (Lipinski definition) is 12. The van der Waals surface area contributed by atoms with Crippen LogP contribution in [0.1, 0.15) is 4.88 Å². The van der Waals surface area contributed by atoms with Crippen molar-refractivity contribution >= 4 is 57.5 Å². The van der Waals surface area contributed by atoms with E-state index in [4.69, 9.17) is 19.9 Å². The molecule has 6 rings (SSSR count). The van der Waals surface area contributed by atoms with Gasteiger partial charge in [-0.1, -0.05) is 24.9 Å². The van der Waals surface area contributed by atoms with Gasteiger partial charge in [0.2, 0.25) is 6.41 Å². The number of nitrogens with zero attached hydrogens (tertiary/aromatic N) is 7. The van der Waals surface area contributed by atoms with Crippen LogP contribution >= 0.6 is 24.2 Å². The van der Waals surface area contributed by atoms with Gasteiger partial charge in [0.05, 0.1) is 35.1 Å². The number of thiophene rings is 1. The predicted octanol–water partition coefficient (Wildman–Crippen LogP) is 2.14. The van der Waals surface area contributed by atoms with Crippen LogP contribution in [0.5, 0.6) is 0 Å². The van der Waals surface area contributed by atoms with E-state index in [1.165, 1.54) is 16.6 Å². The molecular weight excluding hydrogens is 512 g/mol. The number of morpholine rings is 1. The van der Waals surface area contributed by atoms with Crippen molar-refractivity contribution in [3.63, 3.8) is 0 Å². The Hall–Kier alpha value is -2.65.